The monoisotopic (exact) mass is 242 g/mol. The molecule has 0 N–H and O–H groups in total. The zero-order valence-corrected chi connectivity index (χ0v) is 10.8. The van der Waals surface area contributed by atoms with E-state index in [0.29, 0.717) is 12.3 Å². The summed E-state index contributed by atoms with van der Waals surface area (Å²) in [6, 6.07) is 0. The first-order valence-corrected chi connectivity index (χ1v) is 7.40. The molecule has 2 heterocycles. The molecule has 5 heteroatoms. The molecule has 1 aromatic heterocycles. The second-order valence-corrected chi connectivity index (χ2v) is 7.40. The predicted molar refractivity (Wildman–Crippen MR) is 63.2 cm³/mol. The third-order valence-corrected chi connectivity index (χ3v) is 5.19. The van der Waals surface area contributed by atoms with Crippen molar-refractivity contribution in [2.45, 2.75) is 38.6 Å². The molecule has 2 rings (SSSR count). The minimum atomic E-state index is -2.87. The van der Waals surface area contributed by atoms with Gasteiger partial charge in [-0.25, -0.2) is 8.42 Å². The minimum Gasteiger partial charge on any atom is -0.266 e. The maximum atomic E-state index is 11.5. The average Bonchev–Trinajstić information content (AvgIpc) is 2.71. The molecule has 16 heavy (non-hydrogen) atoms. The molecule has 0 bridgehead atoms. The van der Waals surface area contributed by atoms with Crippen LogP contribution in [-0.4, -0.2) is 29.7 Å². The molecule has 1 atom stereocenters. The van der Waals surface area contributed by atoms with Crippen LogP contribution in [0.3, 0.4) is 0 Å². The summed E-state index contributed by atoms with van der Waals surface area (Å²) in [7, 11) is -2.87. The fourth-order valence-corrected chi connectivity index (χ4v) is 4.22. The maximum absolute atomic E-state index is 11.5. The van der Waals surface area contributed by atoms with Gasteiger partial charge in [0.2, 0.25) is 0 Å². The van der Waals surface area contributed by atoms with Gasteiger partial charge in [0.25, 0.3) is 0 Å². The SMILES string of the molecule is CC(C)c1cnn(C2(C)CCS(=O)(=O)C2)c1. The fraction of sp³-hybridized carbons (Fsp3) is 0.727. The highest BCUT2D eigenvalue weighted by atomic mass is 32.2. The van der Waals surface area contributed by atoms with Crippen molar-refractivity contribution < 1.29 is 8.42 Å². The van der Waals surface area contributed by atoms with Gasteiger partial charge in [-0.3, -0.25) is 4.68 Å². The molecule has 1 aliphatic rings. The van der Waals surface area contributed by atoms with Crippen molar-refractivity contribution in [3.05, 3.63) is 18.0 Å². The van der Waals surface area contributed by atoms with Crippen LogP contribution in [0.4, 0.5) is 0 Å². The summed E-state index contributed by atoms with van der Waals surface area (Å²) in [5, 5.41) is 4.31. The van der Waals surface area contributed by atoms with Gasteiger partial charge in [-0.15, -0.1) is 0 Å². The van der Waals surface area contributed by atoms with E-state index in [-0.39, 0.29) is 17.0 Å². The standard InChI is InChI=1S/C11H18N2O2S/c1-9(2)10-6-12-13(7-10)11(3)4-5-16(14,15)8-11/h6-7,9H,4-5,8H2,1-3H3. The highest BCUT2D eigenvalue weighted by Crippen LogP contribution is 2.30. The number of sulfone groups is 1. The van der Waals surface area contributed by atoms with Crippen LogP contribution in [0.1, 0.15) is 38.7 Å². The Hall–Kier alpha value is -0.840. The molecule has 0 saturated carbocycles. The number of rotatable bonds is 2. The molecule has 4 nitrogen and oxygen atoms in total. The lowest BCUT2D eigenvalue weighted by molar-refractivity contribution is 0.328. The Morgan fingerprint density at radius 1 is 1.50 bits per heavy atom. The molecule has 1 saturated heterocycles. The molecule has 0 amide bonds. The van der Waals surface area contributed by atoms with Gasteiger partial charge in [0.1, 0.15) is 0 Å². The summed E-state index contributed by atoms with van der Waals surface area (Å²) in [6.07, 6.45) is 4.47. The molecule has 1 unspecified atom stereocenters. The zero-order chi connectivity index (χ0) is 12.0. The van der Waals surface area contributed by atoms with Crippen LogP contribution in [0.15, 0.2) is 12.4 Å². The molecular formula is C11H18N2O2S. The first kappa shape index (κ1) is 11.6. The Balaban J connectivity index is 2.31. The summed E-state index contributed by atoms with van der Waals surface area (Å²) >= 11 is 0. The first-order valence-electron chi connectivity index (χ1n) is 5.58. The van der Waals surface area contributed by atoms with Crippen molar-refractivity contribution in [3.63, 3.8) is 0 Å². The van der Waals surface area contributed by atoms with Crippen LogP contribution in [0.25, 0.3) is 0 Å². The topological polar surface area (TPSA) is 52.0 Å². The van der Waals surface area contributed by atoms with Crippen molar-refractivity contribution in [1.82, 2.24) is 9.78 Å². The quantitative estimate of drug-likeness (QED) is 0.790. The third-order valence-electron chi connectivity index (χ3n) is 3.30. The summed E-state index contributed by atoms with van der Waals surface area (Å²) in [6.45, 7) is 6.18. The number of aromatic nitrogens is 2. The molecule has 1 aromatic rings. The van der Waals surface area contributed by atoms with Gasteiger partial charge in [-0.05, 0) is 24.8 Å². The van der Waals surface area contributed by atoms with E-state index in [9.17, 15) is 8.42 Å². The Morgan fingerprint density at radius 3 is 2.62 bits per heavy atom. The fourth-order valence-electron chi connectivity index (χ4n) is 2.10. The van der Waals surface area contributed by atoms with Crippen LogP contribution >= 0.6 is 0 Å². The van der Waals surface area contributed by atoms with Crippen LogP contribution < -0.4 is 0 Å². The summed E-state index contributed by atoms with van der Waals surface area (Å²) < 4.78 is 24.9. The Morgan fingerprint density at radius 2 is 2.19 bits per heavy atom. The van der Waals surface area contributed by atoms with Gasteiger partial charge < -0.3 is 0 Å². The van der Waals surface area contributed by atoms with Crippen molar-refractivity contribution in [3.8, 4) is 0 Å². The largest absolute Gasteiger partial charge is 0.266 e. The van der Waals surface area contributed by atoms with Crippen LogP contribution in [-0.2, 0) is 15.4 Å². The van der Waals surface area contributed by atoms with E-state index in [1.165, 1.54) is 0 Å². The molecule has 0 spiro atoms. The Bertz CT molecular complexity index is 490. The first-order chi connectivity index (χ1) is 7.32. The van der Waals surface area contributed by atoms with E-state index in [4.69, 9.17) is 0 Å². The summed E-state index contributed by atoms with van der Waals surface area (Å²) in [5.41, 5.74) is 0.803. The lowest BCUT2D eigenvalue weighted by Crippen LogP contribution is -2.31. The van der Waals surface area contributed by atoms with Crippen molar-refractivity contribution >= 4 is 9.84 Å². The number of hydrogen-bond donors (Lipinski definition) is 0. The average molecular weight is 242 g/mol. The zero-order valence-electron chi connectivity index (χ0n) is 9.97. The van der Waals surface area contributed by atoms with Gasteiger partial charge in [-0.2, -0.15) is 5.10 Å². The third kappa shape index (κ3) is 2.00. The van der Waals surface area contributed by atoms with E-state index in [1.54, 1.807) is 0 Å². The van der Waals surface area contributed by atoms with E-state index in [1.807, 2.05) is 24.0 Å². The van der Waals surface area contributed by atoms with Crippen molar-refractivity contribution in [2.75, 3.05) is 11.5 Å². The van der Waals surface area contributed by atoms with Gasteiger partial charge in [0.15, 0.2) is 9.84 Å². The smallest absolute Gasteiger partial charge is 0.152 e. The predicted octanol–water partition coefficient (Wildman–Crippen LogP) is 1.54. The van der Waals surface area contributed by atoms with Crippen LogP contribution in [0.2, 0.25) is 0 Å². The molecular weight excluding hydrogens is 224 g/mol. The summed E-state index contributed by atoms with van der Waals surface area (Å²) in [4.78, 5) is 0. The van der Waals surface area contributed by atoms with E-state index in [2.05, 4.69) is 18.9 Å². The van der Waals surface area contributed by atoms with E-state index < -0.39 is 9.84 Å². The minimum absolute atomic E-state index is 0.208. The number of hydrogen-bond acceptors (Lipinski definition) is 3. The van der Waals surface area contributed by atoms with Gasteiger partial charge >= 0.3 is 0 Å². The van der Waals surface area contributed by atoms with Gasteiger partial charge in [0.05, 0.1) is 23.2 Å². The van der Waals surface area contributed by atoms with Gasteiger partial charge in [0, 0.05) is 6.20 Å². The van der Waals surface area contributed by atoms with E-state index in [0.717, 1.165) is 5.56 Å². The lowest BCUT2D eigenvalue weighted by atomic mass is 10.0. The van der Waals surface area contributed by atoms with E-state index >= 15 is 0 Å². The van der Waals surface area contributed by atoms with Crippen molar-refractivity contribution in [1.29, 1.82) is 0 Å². The van der Waals surface area contributed by atoms with Crippen LogP contribution in [0.5, 0.6) is 0 Å². The van der Waals surface area contributed by atoms with Crippen molar-refractivity contribution in [2.24, 2.45) is 0 Å². The molecule has 0 aromatic carbocycles. The Kier molecular flexibility index (Phi) is 2.61. The molecule has 1 aliphatic heterocycles. The highest BCUT2D eigenvalue weighted by molar-refractivity contribution is 7.91. The number of nitrogens with zero attached hydrogens (tertiary/aromatic N) is 2. The van der Waals surface area contributed by atoms with Crippen LogP contribution in [0, 0.1) is 0 Å². The molecule has 1 fully saturated rings. The normalized spacial score (nSPS) is 28.8. The second kappa shape index (κ2) is 3.58. The molecule has 0 aliphatic carbocycles. The Labute approximate surface area is 96.6 Å². The molecule has 0 radical (unpaired) electrons. The van der Waals surface area contributed by atoms with Gasteiger partial charge in [-0.1, -0.05) is 13.8 Å². The summed E-state index contributed by atoms with van der Waals surface area (Å²) in [5.74, 6) is 0.912. The lowest BCUT2D eigenvalue weighted by Gasteiger charge is -2.22. The second-order valence-electron chi connectivity index (χ2n) is 5.21. The molecule has 90 valence electrons. The maximum Gasteiger partial charge on any atom is 0.152 e. The highest BCUT2D eigenvalue weighted by Gasteiger charge is 2.40.